The number of H-pyrrole nitrogens is 1. The Labute approximate surface area is 183 Å². The normalized spacial score (nSPS) is 17.4. The average molecular weight is 427 g/mol. The van der Waals surface area contributed by atoms with Crippen molar-refractivity contribution in [2.45, 2.75) is 71.4 Å². The van der Waals surface area contributed by atoms with E-state index in [9.17, 15) is 14.4 Å². The van der Waals surface area contributed by atoms with Gasteiger partial charge in [-0.05, 0) is 43.7 Å². The molecule has 0 radical (unpaired) electrons. The van der Waals surface area contributed by atoms with E-state index < -0.39 is 6.04 Å². The number of carbonyl (C=O) groups excluding carboxylic acids is 3. The lowest BCUT2D eigenvalue weighted by atomic mass is 10.0. The molecule has 1 aliphatic rings. The van der Waals surface area contributed by atoms with Gasteiger partial charge in [-0.3, -0.25) is 14.5 Å². The van der Waals surface area contributed by atoms with Crippen LogP contribution in [-0.2, 0) is 16.0 Å². The molecule has 168 valence electrons. The van der Waals surface area contributed by atoms with Gasteiger partial charge in [0, 0.05) is 36.1 Å². The first kappa shape index (κ1) is 22.8. The fraction of sp³-hybridized carbons (Fsp3) is 0.542. The third-order valence-electron chi connectivity index (χ3n) is 5.87. The molecule has 3 rings (SSSR count). The molecule has 0 saturated carbocycles. The maximum atomic E-state index is 12.7. The van der Waals surface area contributed by atoms with Crippen LogP contribution in [0.15, 0.2) is 30.5 Å². The van der Waals surface area contributed by atoms with E-state index in [1.54, 1.807) is 0 Å². The lowest BCUT2D eigenvalue weighted by Gasteiger charge is -2.15. The second-order valence-corrected chi connectivity index (χ2v) is 8.93. The molecule has 1 aliphatic heterocycles. The molecule has 2 aromatic rings. The fourth-order valence-corrected chi connectivity index (χ4v) is 4.08. The van der Waals surface area contributed by atoms with Crippen LogP contribution in [-0.4, -0.2) is 46.4 Å². The van der Waals surface area contributed by atoms with Gasteiger partial charge in [-0.25, -0.2) is 4.79 Å². The molecule has 1 aromatic heterocycles. The SMILES string of the molecule is CC(C)CCC[C@@H](C)NC(=O)CC[C@@H]1NC(=O)N(CCc2c[nH]c3ccccc23)C1=O. The van der Waals surface area contributed by atoms with E-state index in [1.807, 2.05) is 37.4 Å². The van der Waals surface area contributed by atoms with Crippen molar-refractivity contribution in [3.05, 3.63) is 36.0 Å². The van der Waals surface area contributed by atoms with Crippen molar-refractivity contribution in [1.82, 2.24) is 20.5 Å². The summed E-state index contributed by atoms with van der Waals surface area (Å²) in [7, 11) is 0. The Hall–Kier alpha value is -2.83. The molecule has 2 heterocycles. The molecule has 31 heavy (non-hydrogen) atoms. The van der Waals surface area contributed by atoms with Gasteiger partial charge < -0.3 is 15.6 Å². The van der Waals surface area contributed by atoms with Gasteiger partial charge in [0.15, 0.2) is 0 Å². The molecule has 0 aliphatic carbocycles. The summed E-state index contributed by atoms with van der Waals surface area (Å²) in [5.74, 6) is 0.345. The fourth-order valence-electron chi connectivity index (χ4n) is 4.08. The third-order valence-corrected chi connectivity index (χ3v) is 5.87. The number of urea groups is 1. The second-order valence-electron chi connectivity index (χ2n) is 8.93. The van der Waals surface area contributed by atoms with Gasteiger partial charge in [-0.2, -0.15) is 0 Å². The first-order valence-corrected chi connectivity index (χ1v) is 11.3. The summed E-state index contributed by atoms with van der Waals surface area (Å²) >= 11 is 0. The van der Waals surface area contributed by atoms with Gasteiger partial charge in [0.25, 0.3) is 5.91 Å². The monoisotopic (exact) mass is 426 g/mol. The third kappa shape index (κ3) is 6.09. The Bertz CT molecular complexity index is 920. The molecule has 4 amide bonds. The smallest absolute Gasteiger partial charge is 0.324 e. The molecule has 1 fully saturated rings. The highest BCUT2D eigenvalue weighted by molar-refractivity contribution is 6.04. The lowest BCUT2D eigenvalue weighted by Crippen LogP contribution is -2.35. The maximum Gasteiger partial charge on any atom is 0.324 e. The number of para-hydroxylation sites is 1. The Morgan fingerprint density at radius 1 is 1.16 bits per heavy atom. The highest BCUT2D eigenvalue weighted by atomic mass is 16.2. The van der Waals surface area contributed by atoms with Crippen LogP contribution in [0.3, 0.4) is 0 Å². The highest BCUT2D eigenvalue weighted by Gasteiger charge is 2.37. The summed E-state index contributed by atoms with van der Waals surface area (Å²) in [4.78, 5) is 41.7. The number of nitrogens with one attached hydrogen (secondary N) is 3. The Kier molecular flexibility index (Phi) is 7.71. The highest BCUT2D eigenvalue weighted by Crippen LogP contribution is 2.19. The quantitative estimate of drug-likeness (QED) is 0.478. The van der Waals surface area contributed by atoms with Crippen LogP contribution in [0, 0.1) is 5.92 Å². The minimum atomic E-state index is -0.627. The van der Waals surface area contributed by atoms with E-state index in [0.717, 1.165) is 35.7 Å². The summed E-state index contributed by atoms with van der Waals surface area (Å²) < 4.78 is 0. The van der Waals surface area contributed by atoms with Crippen molar-refractivity contribution in [1.29, 1.82) is 0 Å². The van der Waals surface area contributed by atoms with Gasteiger partial charge in [-0.1, -0.05) is 44.9 Å². The number of aromatic nitrogens is 1. The number of hydrogen-bond donors (Lipinski definition) is 3. The Morgan fingerprint density at radius 3 is 2.71 bits per heavy atom. The van der Waals surface area contributed by atoms with Crippen molar-refractivity contribution in [3.8, 4) is 0 Å². The number of benzene rings is 1. The predicted molar refractivity (Wildman–Crippen MR) is 122 cm³/mol. The molecule has 7 heteroatoms. The van der Waals surface area contributed by atoms with Gasteiger partial charge >= 0.3 is 6.03 Å². The summed E-state index contributed by atoms with van der Waals surface area (Å²) in [5, 5.41) is 6.82. The molecular weight excluding hydrogens is 392 g/mol. The zero-order valence-corrected chi connectivity index (χ0v) is 18.7. The van der Waals surface area contributed by atoms with E-state index >= 15 is 0 Å². The number of aromatic amines is 1. The van der Waals surface area contributed by atoms with E-state index in [0.29, 0.717) is 25.3 Å². The first-order chi connectivity index (χ1) is 14.8. The first-order valence-electron chi connectivity index (χ1n) is 11.3. The zero-order valence-electron chi connectivity index (χ0n) is 18.7. The van der Waals surface area contributed by atoms with Crippen molar-refractivity contribution in [2.24, 2.45) is 5.92 Å². The van der Waals surface area contributed by atoms with Crippen LogP contribution >= 0.6 is 0 Å². The van der Waals surface area contributed by atoms with Crippen molar-refractivity contribution >= 4 is 28.7 Å². The minimum absolute atomic E-state index is 0.0728. The number of nitrogens with zero attached hydrogens (tertiary/aromatic N) is 1. The summed E-state index contributed by atoms with van der Waals surface area (Å²) in [5.41, 5.74) is 2.11. The molecule has 7 nitrogen and oxygen atoms in total. The second kappa shape index (κ2) is 10.5. The topological polar surface area (TPSA) is 94.3 Å². The van der Waals surface area contributed by atoms with E-state index in [1.165, 1.54) is 4.90 Å². The standard InChI is InChI=1S/C24H34N4O3/c1-16(2)7-6-8-17(3)26-22(29)12-11-21-23(30)28(24(31)27-21)14-13-18-15-25-20-10-5-4-9-19(18)20/h4-5,9-10,15-17,21,25H,6-8,11-14H2,1-3H3,(H,26,29)(H,27,31)/t17-,21+/m1/s1. The van der Waals surface area contributed by atoms with Crippen LogP contribution in [0.25, 0.3) is 10.9 Å². The Morgan fingerprint density at radius 2 is 1.94 bits per heavy atom. The van der Waals surface area contributed by atoms with Crippen LogP contribution < -0.4 is 10.6 Å². The average Bonchev–Trinajstić information content (AvgIpc) is 3.25. The lowest BCUT2D eigenvalue weighted by molar-refractivity contribution is -0.127. The summed E-state index contributed by atoms with van der Waals surface area (Å²) in [6.07, 6.45) is 6.24. The molecule has 0 unspecified atom stereocenters. The Balaban J connectivity index is 1.44. The van der Waals surface area contributed by atoms with Crippen LogP contribution in [0.2, 0.25) is 0 Å². The van der Waals surface area contributed by atoms with Crippen molar-refractivity contribution in [3.63, 3.8) is 0 Å². The van der Waals surface area contributed by atoms with Crippen LogP contribution in [0.5, 0.6) is 0 Å². The van der Waals surface area contributed by atoms with Gasteiger partial charge in [0.2, 0.25) is 5.91 Å². The van der Waals surface area contributed by atoms with Crippen LogP contribution in [0.4, 0.5) is 4.79 Å². The number of fused-ring (bicyclic) bond motifs is 1. The van der Waals surface area contributed by atoms with Crippen LogP contribution in [0.1, 0.15) is 58.4 Å². The number of rotatable bonds is 11. The molecule has 0 spiro atoms. The van der Waals surface area contributed by atoms with Gasteiger partial charge in [-0.15, -0.1) is 0 Å². The molecule has 1 aromatic carbocycles. The van der Waals surface area contributed by atoms with Gasteiger partial charge in [0.05, 0.1) is 0 Å². The van der Waals surface area contributed by atoms with Crippen molar-refractivity contribution in [2.75, 3.05) is 6.54 Å². The number of imide groups is 1. The molecular formula is C24H34N4O3. The van der Waals surface area contributed by atoms with E-state index in [2.05, 4.69) is 29.5 Å². The minimum Gasteiger partial charge on any atom is -0.361 e. The number of carbonyl (C=O) groups is 3. The molecule has 2 atom stereocenters. The molecule has 0 bridgehead atoms. The van der Waals surface area contributed by atoms with E-state index in [-0.39, 0.29) is 30.3 Å². The molecule has 1 saturated heterocycles. The largest absolute Gasteiger partial charge is 0.361 e. The number of amides is 4. The summed E-state index contributed by atoms with van der Waals surface area (Å²) in [6, 6.07) is 7.08. The molecule has 3 N–H and O–H groups in total. The summed E-state index contributed by atoms with van der Waals surface area (Å²) in [6.45, 7) is 6.72. The van der Waals surface area contributed by atoms with Crippen molar-refractivity contribution < 1.29 is 14.4 Å². The predicted octanol–water partition coefficient (Wildman–Crippen LogP) is 3.74. The zero-order chi connectivity index (χ0) is 22.4. The van der Waals surface area contributed by atoms with E-state index in [4.69, 9.17) is 0 Å². The maximum absolute atomic E-state index is 12.7. The number of hydrogen-bond acceptors (Lipinski definition) is 3. The van der Waals surface area contributed by atoms with Gasteiger partial charge in [0.1, 0.15) is 6.04 Å².